The number of nitrogens with zero attached hydrogens (tertiary/aromatic N) is 2. The molecule has 0 spiro atoms. The molecule has 0 radical (unpaired) electrons. The number of hydrogen-bond donors (Lipinski definition) is 2. The number of nitrogens with one attached hydrogen (secondary N) is 1. The Labute approximate surface area is 170 Å². The molecule has 1 amide bonds. The molecule has 0 aliphatic rings. The van der Waals surface area contributed by atoms with E-state index in [0.29, 0.717) is 36.0 Å². The van der Waals surface area contributed by atoms with Crippen molar-refractivity contribution in [3.05, 3.63) is 75.4 Å². The Kier molecular flexibility index (Phi) is 6.36. The lowest BCUT2D eigenvalue weighted by molar-refractivity contribution is 0.0717. The summed E-state index contributed by atoms with van der Waals surface area (Å²) in [5.74, 6) is 0.691. The van der Waals surface area contributed by atoms with Gasteiger partial charge in [-0.1, -0.05) is 45.7 Å². The summed E-state index contributed by atoms with van der Waals surface area (Å²) in [5, 5.41) is 7.02. The van der Waals surface area contributed by atoms with Gasteiger partial charge in [0.05, 0.1) is 12.7 Å². The molecule has 0 fully saturated rings. The number of carbonyl (C=O) groups is 1. The second-order valence-electron chi connectivity index (χ2n) is 5.86. The SMILES string of the molecule is Nc1[nH]ncc1C(=O)N(CCOc1cccc(Cl)c1)Cc1ccc(Br)cc1. The van der Waals surface area contributed by atoms with Crippen molar-refractivity contribution < 1.29 is 9.53 Å². The summed E-state index contributed by atoms with van der Waals surface area (Å²) in [4.78, 5) is 14.6. The van der Waals surface area contributed by atoms with Crippen LogP contribution in [0.1, 0.15) is 15.9 Å². The molecule has 0 bridgehead atoms. The fourth-order valence-electron chi connectivity index (χ4n) is 2.53. The van der Waals surface area contributed by atoms with Crippen molar-refractivity contribution in [3.8, 4) is 5.75 Å². The molecule has 3 N–H and O–H groups in total. The normalized spacial score (nSPS) is 10.6. The van der Waals surface area contributed by atoms with E-state index >= 15 is 0 Å². The van der Waals surface area contributed by atoms with Gasteiger partial charge in [0, 0.05) is 16.0 Å². The first kappa shape index (κ1) is 19.3. The number of rotatable bonds is 7. The van der Waals surface area contributed by atoms with Gasteiger partial charge in [-0.15, -0.1) is 0 Å². The van der Waals surface area contributed by atoms with Gasteiger partial charge in [0.15, 0.2) is 0 Å². The minimum absolute atomic E-state index is 0.209. The molecule has 0 aliphatic carbocycles. The Morgan fingerprint density at radius 3 is 2.70 bits per heavy atom. The molecule has 6 nitrogen and oxygen atoms in total. The minimum atomic E-state index is -0.209. The number of halogens is 2. The van der Waals surface area contributed by atoms with Crippen molar-refractivity contribution in [2.24, 2.45) is 0 Å². The molecule has 140 valence electrons. The van der Waals surface area contributed by atoms with Crippen molar-refractivity contribution in [2.45, 2.75) is 6.54 Å². The fraction of sp³-hybridized carbons (Fsp3) is 0.158. The third-order valence-electron chi connectivity index (χ3n) is 3.90. The summed E-state index contributed by atoms with van der Waals surface area (Å²) in [6.45, 7) is 1.13. The van der Waals surface area contributed by atoms with E-state index in [4.69, 9.17) is 22.1 Å². The van der Waals surface area contributed by atoms with Crippen LogP contribution in [0.15, 0.2) is 59.2 Å². The van der Waals surface area contributed by atoms with Crippen LogP contribution >= 0.6 is 27.5 Å². The van der Waals surface area contributed by atoms with Crippen molar-refractivity contribution in [1.29, 1.82) is 0 Å². The molecule has 2 aromatic carbocycles. The van der Waals surface area contributed by atoms with Gasteiger partial charge in [-0.3, -0.25) is 9.89 Å². The molecule has 8 heteroatoms. The average Bonchev–Trinajstić information content (AvgIpc) is 3.08. The maximum atomic E-state index is 12.9. The lowest BCUT2D eigenvalue weighted by Crippen LogP contribution is -2.34. The second-order valence-corrected chi connectivity index (χ2v) is 7.21. The van der Waals surface area contributed by atoms with E-state index in [1.807, 2.05) is 36.4 Å². The van der Waals surface area contributed by atoms with Crippen molar-refractivity contribution in [1.82, 2.24) is 15.1 Å². The smallest absolute Gasteiger partial charge is 0.259 e. The summed E-state index contributed by atoms with van der Waals surface area (Å²) in [7, 11) is 0. The van der Waals surface area contributed by atoms with Crippen LogP contribution in [0.5, 0.6) is 5.75 Å². The Balaban J connectivity index is 1.71. The first-order valence-corrected chi connectivity index (χ1v) is 9.41. The van der Waals surface area contributed by atoms with Crippen molar-refractivity contribution >= 4 is 39.3 Å². The van der Waals surface area contributed by atoms with Crippen LogP contribution < -0.4 is 10.5 Å². The highest BCUT2D eigenvalue weighted by atomic mass is 79.9. The number of aromatic nitrogens is 2. The van der Waals surface area contributed by atoms with Crippen molar-refractivity contribution in [3.63, 3.8) is 0 Å². The Morgan fingerprint density at radius 1 is 1.26 bits per heavy atom. The molecule has 0 saturated heterocycles. The van der Waals surface area contributed by atoms with E-state index in [1.54, 1.807) is 17.0 Å². The number of hydrogen-bond acceptors (Lipinski definition) is 4. The number of benzene rings is 2. The molecular formula is C19H18BrClN4O2. The first-order valence-electron chi connectivity index (χ1n) is 8.24. The number of aromatic amines is 1. The van der Waals surface area contributed by atoms with Gasteiger partial charge in [0.2, 0.25) is 0 Å². The zero-order chi connectivity index (χ0) is 19.2. The zero-order valence-electron chi connectivity index (χ0n) is 14.4. The number of amides is 1. The number of nitrogen functional groups attached to an aromatic ring is 1. The molecule has 0 unspecified atom stereocenters. The van der Waals surface area contributed by atoms with Gasteiger partial charge in [0.25, 0.3) is 5.91 Å². The maximum absolute atomic E-state index is 12.9. The maximum Gasteiger partial charge on any atom is 0.259 e. The molecule has 27 heavy (non-hydrogen) atoms. The van der Waals surface area contributed by atoms with E-state index < -0.39 is 0 Å². The largest absolute Gasteiger partial charge is 0.492 e. The van der Waals surface area contributed by atoms with E-state index in [-0.39, 0.29) is 11.7 Å². The molecule has 0 aliphatic heterocycles. The standard InChI is InChI=1S/C19H18BrClN4O2/c20-14-6-4-13(5-7-14)12-25(19(26)17-11-23-24-18(17)22)8-9-27-16-3-1-2-15(21)10-16/h1-7,10-11H,8-9,12H2,(H3,22,23,24). The highest BCUT2D eigenvalue weighted by Gasteiger charge is 2.20. The van der Waals surface area contributed by atoms with Crippen LogP contribution in [0.3, 0.4) is 0 Å². The van der Waals surface area contributed by atoms with E-state index in [0.717, 1.165) is 10.0 Å². The van der Waals surface area contributed by atoms with Crippen LogP contribution in [-0.4, -0.2) is 34.2 Å². The van der Waals surface area contributed by atoms with Crippen LogP contribution in [0.4, 0.5) is 5.82 Å². The molecule has 1 heterocycles. The Hall–Kier alpha value is -2.51. The van der Waals surface area contributed by atoms with Crippen LogP contribution in [0, 0.1) is 0 Å². The molecule has 1 aromatic heterocycles. The van der Waals surface area contributed by atoms with Gasteiger partial charge < -0.3 is 15.4 Å². The number of carbonyl (C=O) groups excluding carboxylic acids is 1. The Morgan fingerprint density at radius 2 is 2.04 bits per heavy atom. The number of nitrogens with two attached hydrogens (primary N) is 1. The average molecular weight is 450 g/mol. The third kappa shape index (κ3) is 5.24. The number of anilines is 1. The monoisotopic (exact) mass is 448 g/mol. The van der Waals surface area contributed by atoms with Crippen molar-refractivity contribution in [2.75, 3.05) is 18.9 Å². The van der Waals surface area contributed by atoms with Gasteiger partial charge in [-0.25, -0.2) is 0 Å². The highest BCUT2D eigenvalue weighted by molar-refractivity contribution is 9.10. The van der Waals surface area contributed by atoms with Gasteiger partial charge >= 0.3 is 0 Å². The summed E-state index contributed by atoms with van der Waals surface area (Å²) in [6, 6.07) is 14.9. The second kappa shape index (κ2) is 8.92. The minimum Gasteiger partial charge on any atom is -0.492 e. The molecular weight excluding hydrogens is 432 g/mol. The first-order chi connectivity index (χ1) is 13.0. The Bertz CT molecular complexity index is 914. The predicted molar refractivity (Wildman–Crippen MR) is 109 cm³/mol. The van der Waals surface area contributed by atoms with Gasteiger partial charge in [0.1, 0.15) is 23.7 Å². The van der Waals surface area contributed by atoms with E-state index in [2.05, 4.69) is 26.1 Å². The number of H-pyrrole nitrogens is 1. The third-order valence-corrected chi connectivity index (χ3v) is 4.66. The van der Waals surface area contributed by atoms with E-state index in [9.17, 15) is 4.79 Å². The van der Waals surface area contributed by atoms with Crippen LogP contribution in [0.25, 0.3) is 0 Å². The lowest BCUT2D eigenvalue weighted by Gasteiger charge is -2.23. The summed E-state index contributed by atoms with van der Waals surface area (Å²) < 4.78 is 6.71. The summed E-state index contributed by atoms with van der Waals surface area (Å²) >= 11 is 9.38. The zero-order valence-corrected chi connectivity index (χ0v) is 16.7. The number of ether oxygens (including phenoxy) is 1. The molecule has 3 rings (SSSR count). The van der Waals surface area contributed by atoms with Gasteiger partial charge in [-0.05, 0) is 35.9 Å². The summed E-state index contributed by atoms with van der Waals surface area (Å²) in [6.07, 6.45) is 1.43. The van der Waals surface area contributed by atoms with Crippen LogP contribution in [-0.2, 0) is 6.54 Å². The van der Waals surface area contributed by atoms with Crippen LogP contribution in [0.2, 0.25) is 5.02 Å². The molecule has 0 saturated carbocycles. The van der Waals surface area contributed by atoms with E-state index in [1.165, 1.54) is 6.20 Å². The lowest BCUT2D eigenvalue weighted by atomic mass is 10.2. The summed E-state index contributed by atoms with van der Waals surface area (Å²) in [5.41, 5.74) is 7.15. The molecule has 3 aromatic rings. The van der Waals surface area contributed by atoms with Gasteiger partial charge in [-0.2, -0.15) is 5.10 Å². The molecule has 0 atom stereocenters. The predicted octanol–water partition coefficient (Wildman–Crippen LogP) is 4.13. The topological polar surface area (TPSA) is 84.2 Å². The quantitative estimate of drug-likeness (QED) is 0.568. The highest BCUT2D eigenvalue weighted by Crippen LogP contribution is 2.18. The fourth-order valence-corrected chi connectivity index (χ4v) is 2.97.